The summed E-state index contributed by atoms with van der Waals surface area (Å²) in [6.07, 6.45) is 6.44. The number of rotatable bonds is 2. The Hall–Kier alpha value is -0.860. The van der Waals surface area contributed by atoms with E-state index in [1.165, 1.54) is 32.1 Å². The van der Waals surface area contributed by atoms with Gasteiger partial charge in [-0.1, -0.05) is 19.3 Å². The maximum absolute atomic E-state index is 5.52. The number of hydrogen-bond acceptors (Lipinski definition) is 3. The van der Waals surface area contributed by atoms with E-state index in [9.17, 15) is 0 Å². The molecule has 0 aromatic carbocycles. The average molecular weight is 197 g/mol. The summed E-state index contributed by atoms with van der Waals surface area (Å²) in [6, 6.07) is 0.586. The minimum absolute atomic E-state index is 0.124. The molecule has 1 aliphatic carbocycles. The zero-order valence-electron chi connectivity index (χ0n) is 9.01. The highest BCUT2D eigenvalue weighted by Crippen LogP contribution is 2.23. The lowest BCUT2D eigenvalue weighted by Gasteiger charge is -2.23. The van der Waals surface area contributed by atoms with E-state index in [2.05, 4.69) is 5.32 Å². The van der Waals surface area contributed by atoms with E-state index in [1.54, 1.807) is 0 Å². The van der Waals surface area contributed by atoms with E-state index in [0.29, 0.717) is 6.04 Å². The predicted molar refractivity (Wildman–Crippen MR) is 54.3 cm³/mol. The van der Waals surface area contributed by atoms with E-state index in [1.807, 2.05) is 13.8 Å². The molecule has 1 saturated carbocycles. The summed E-state index contributed by atoms with van der Waals surface area (Å²) in [6.45, 7) is 3.87. The SMILES string of the molecule is CC1=C(NC2CCCCC2)O[C@@H](C)O1. The standard InChI is InChI=1S/C11H19NO2/c1-8-11(14-9(2)13-8)12-10-6-4-3-5-7-10/h9-10,12H,3-7H2,1-2H3/t9-/m0/s1. The van der Waals surface area contributed by atoms with Crippen molar-refractivity contribution in [3.8, 4) is 0 Å². The molecule has 1 N–H and O–H groups in total. The van der Waals surface area contributed by atoms with Crippen molar-refractivity contribution in [1.29, 1.82) is 0 Å². The van der Waals surface area contributed by atoms with Crippen LogP contribution in [-0.4, -0.2) is 12.3 Å². The molecule has 2 rings (SSSR count). The Morgan fingerprint density at radius 3 is 2.43 bits per heavy atom. The molecule has 0 radical (unpaired) electrons. The third-order valence-corrected chi connectivity index (χ3v) is 2.89. The van der Waals surface area contributed by atoms with Crippen LogP contribution in [0, 0.1) is 0 Å². The highest BCUT2D eigenvalue weighted by molar-refractivity contribution is 5.02. The van der Waals surface area contributed by atoms with Crippen LogP contribution >= 0.6 is 0 Å². The molecule has 0 unspecified atom stereocenters. The lowest BCUT2D eigenvalue weighted by atomic mass is 9.96. The van der Waals surface area contributed by atoms with Gasteiger partial charge in [0.05, 0.1) is 0 Å². The van der Waals surface area contributed by atoms with Crippen LogP contribution in [0.3, 0.4) is 0 Å². The normalized spacial score (nSPS) is 28.6. The van der Waals surface area contributed by atoms with Gasteiger partial charge in [-0.15, -0.1) is 0 Å². The van der Waals surface area contributed by atoms with Gasteiger partial charge in [-0.25, -0.2) is 0 Å². The third kappa shape index (κ3) is 2.14. The van der Waals surface area contributed by atoms with Gasteiger partial charge in [0.1, 0.15) is 0 Å². The molecule has 14 heavy (non-hydrogen) atoms. The maximum atomic E-state index is 5.52. The molecule has 0 saturated heterocycles. The molecule has 3 heteroatoms. The van der Waals surface area contributed by atoms with E-state index < -0.39 is 0 Å². The second-order valence-corrected chi connectivity index (χ2v) is 4.17. The zero-order valence-corrected chi connectivity index (χ0v) is 9.01. The smallest absolute Gasteiger partial charge is 0.240 e. The largest absolute Gasteiger partial charge is 0.454 e. The predicted octanol–water partition coefficient (Wildman–Crippen LogP) is 2.49. The van der Waals surface area contributed by atoms with Crippen molar-refractivity contribution in [3.63, 3.8) is 0 Å². The number of nitrogens with one attached hydrogen (secondary N) is 1. The molecule has 1 atom stereocenters. The van der Waals surface area contributed by atoms with Crippen molar-refractivity contribution in [2.45, 2.75) is 58.3 Å². The van der Waals surface area contributed by atoms with E-state index >= 15 is 0 Å². The first-order valence-electron chi connectivity index (χ1n) is 5.56. The number of allylic oxidation sites excluding steroid dienone is 1. The molecule has 0 spiro atoms. The van der Waals surface area contributed by atoms with Crippen LogP contribution in [0.15, 0.2) is 11.6 Å². The van der Waals surface area contributed by atoms with Gasteiger partial charge in [0.15, 0.2) is 5.76 Å². The fraction of sp³-hybridized carbons (Fsp3) is 0.818. The third-order valence-electron chi connectivity index (χ3n) is 2.89. The fourth-order valence-corrected chi connectivity index (χ4v) is 2.14. The second-order valence-electron chi connectivity index (χ2n) is 4.17. The number of hydrogen-bond donors (Lipinski definition) is 1. The molecule has 1 heterocycles. The quantitative estimate of drug-likeness (QED) is 0.737. The lowest BCUT2D eigenvalue weighted by Crippen LogP contribution is -2.31. The van der Waals surface area contributed by atoms with Gasteiger partial charge in [0.2, 0.25) is 12.2 Å². The molecule has 1 fully saturated rings. The summed E-state index contributed by atoms with van der Waals surface area (Å²) in [5, 5.41) is 3.43. The van der Waals surface area contributed by atoms with Crippen LogP contribution in [0.25, 0.3) is 0 Å². The van der Waals surface area contributed by atoms with Gasteiger partial charge >= 0.3 is 0 Å². The first kappa shape index (κ1) is 9.69. The van der Waals surface area contributed by atoms with Crippen molar-refractivity contribution in [3.05, 3.63) is 11.6 Å². The Kier molecular flexibility index (Phi) is 2.85. The van der Waals surface area contributed by atoms with Crippen molar-refractivity contribution in [2.75, 3.05) is 0 Å². The molecule has 80 valence electrons. The molecule has 0 aromatic rings. The summed E-state index contributed by atoms with van der Waals surface area (Å²) < 4.78 is 10.9. The number of ether oxygens (including phenoxy) is 2. The fourth-order valence-electron chi connectivity index (χ4n) is 2.14. The molecule has 2 aliphatic rings. The molecule has 1 aliphatic heterocycles. The Bertz CT molecular complexity index is 231. The van der Waals surface area contributed by atoms with Crippen LogP contribution in [0.1, 0.15) is 46.0 Å². The van der Waals surface area contributed by atoms with Crippen molar-refractivity contribution in [2.24, 2.45) is 0 Å². The zero-order chi connectivity index (χ0) is 9.97. The van der Waals surface area contributed by atoms with Gasteiger partial charge in [0.25, 0.3) is 0 Å². The Balaban J connectivity index is 1.87. The van der Waals surface area contributed by atoms with Crippen LogP contribution < -0.4 is 5.32 Å². The van der Waals surface area contributed by atoms with Crippen LogP contribution in [-0.2, 0) is 9.47 Å². The minimum Gasteiger partial charge on any atom is -0.454 e. The van der Waals surface area contributed by atoms with Crippen molar-refractivity contribution in [1.82, 2.24) is 5.32 Å². The van der Waals surface area contributed by atoms with Crippen molar-refractivity contribution < 1.29 is 9.47 Å². The topological polar surface area (TPSA) is 30.5 Å². The summed E-state index contributed by atoms with van der Waals surface area (Å²) in [7, 11) is 0. The van der Waals surface area contributed by atoms with Crippen LogP contribution in [0.4, 0.5) is 0 Å². The Labute approximate surface area is 85.5 Å². The first-order valence-corrected chi connectivity index (χ1v) is 5.56. The molecule has 0 bridgehead atoms. The van der Waals surface area contributed by atoms with E-state index in [4.69, 9.17) is 9.47 Å². The monoisotopic (exact) mass is 197 g/mol. The first-order chi connectivity index (χ1) is 6.75. The summed E-state index contributed by atoms with van der Waals surface area (Å²) >= 11 is 0. The van der Waals surface area contributed by atoms with Gasteiger partial charge in [-0.05, 0) is 19.8 Å². The molecular formula is C11H19NO2. The molecular weight excluding hydrogens is 178 g/mol. The van der Waals surface area contributed by atoms with Crippen molar-refractivity contribution >= 4 is 0 Å². The minimum atomic E-state index is -0.124. The average Bonchev–Trinajstić information content (AvgIpc) is 2.47. The van der Waals surface area contributed by atoms with Crippen LogP contribution in [0.2, 0.25) is 0 Å². The highest BCUT2D eigenvalue weighted by atomic mass is 16.7. The summed E-state index contributed by atoms with van der Waals surface area (Å²) in [5.74, 6) is 1.74. The summed E-state index contributed by atoms with van der Waals surface area (Å²) in [5.41, 5.74) is 0. The van der Waals surface area contributed by atoms with Gasteiger partial charge in [-0.3, -0.25) is 0 Å². The van der Waals surface area contributed by atoms with Gasteiger partial charge in [-0.2, -0.15) is 0 Å². The second kappa shape index (κ2) is 4.11. The lowest BCUT2D eigenvalue weighted by molar-refractivity contribution is -0.0274. The van der Waals surface area contributed by atoms with Gasteiger partial charge < -0.3 is 14.8 Å². The highest BCUT2D eigenvalue weighted by Gasteiger charge is 2.23. The van der Waals surface area contributed by atoms with Gasteiger partial charge in [0, 0.05) is 13.0 Å². The summed E-state index contributed by atoms with van der Waals surface area (Å²) in [4.78, 5) is 0. The molecule has 0 amide bonds. The van der Waals surface area contributed by atoms with Crippen LogP contribution in [0.5, 0.6) is 0 Å². The van der Waals surface area contributed by atoms with E-state index in [0.717, 1.165) is 11.6 Å². The Morgan fingerprint density at radius 2 is 1.86 bits per heavy atom. The Morgan fingerprint density at radius 1 is 1.14 bits per heavy atom. The molecule has 0 aromatic heterocycles. The maximum Gasteiger partial charge on any atom is 0.240 e. The van der Waals surface area contributed by atoms with E-state index in [-0.39, 0.29) is 6.29 Å². The molecule has 3 nitrogen and oxygen atoms in total.